The number of aldehydes is 1. The van der Waals surface area contributed by atoms with Gasteiger partial charge in [0.2, 0.25) is 0 Å². The molecule has 2 nitrogen and oxygen atoms in total. The lowest BCUT2D eigenvalue weighted by atomic mass is 9.85. The summed E-state index contributed by atoms with van der Waals surface area (Å²) in [5.41, 5.74) is 0. The molecule has 1 atom stereocenters. The van der Waals surface area contributed by atoms with Crippen LogP contribution >= 0.6 is 0 Å². The number of hydrogen-bond donors (Lipinski definition) is 0. The van der Waals surface area contributed by atoms with E-state index < -0.39 is 8.07 Å². The molecule has 1 aliphatic rings. The van der Waals surface area contributed by atoms with Crippen LogP contribution in [0.5, 0.6) is 0 Å². The summed E-state index contributed by atoms with van der Waals surface area (Å²) in [5.74, 6) is 0.655. The summed E-state index contributed by atoms with van der Waals surface area (Å²) < 4.78 is 0. The summed E-state index contributed by atoms with van der Waals surface area (Å²) >= 11 is 0. The molecule has 0 saturated carbocycles. The first-order chi connectivity index (χ1) is 12.7. The summed E-state index contributed by atoms with van der Waals surface area (Å²) in [6.07, 6.45) is 4.54. The highest BCUT2D eigenvalue weighted by Gasteiger charge is 2.42. The van der Waals surface area contributed by atoms with Crippen molar-refractivity contribution < 1.29 is 9.59 Å². The Morgan fingerprint density at radius 1 is 1.00 bits per heavy atom. The van der Waals surface area contributed by atoms with Gasteiger partial charge in [-0.1, -0.05) is 83.9 Å². The summed E-state index contributed by atoms with van der Waals surface area (Å²) in [5, 5.41) is 3.02. The van der Waals surface area contributed by atoms with Gasteiger partial charge in [-0.2, -0.15) is 0 Å². The SMILES string of the molecule is CC(=O)CCC(C=O)C1CC[Si](c2ccccc2)(c2ccccc2)CC1. The third kappa shape index (κ3) is 4.04. The van der Waals surface area contributed by atoms with E-state index in [0.717, 1.165) is 19.1 Å². The van der Waals surface area contributed by atoms with Gasteiger partial charge >= 0.3 is 0 Å². The minimum atomic E-state index is -1.76. The Kier molecular flexibility index (Phi) is 6.20. The fraction of sp³-hybridized carbons (Fsp3) is 0.391. The lowest BCUT2D eigenvalue weighted by Gasteiger charge is -2.41. The number of carbonyl (C=O) groups is 2. The molecular weight excluding hydrogens is 336 g/mol. The highest BCUT2D eigenvalue weighted by molar-refractivity contribution is 7.02. The lowest BCUT2D eigenvalue weighted by molar-refractivity contribution is -0.118. The quantitative estimate of drug-likeness (QED) is 0.552. The van der Waals surface area contributed by atoms with Crippen LogP contribution in [0.2, 0.25) is 12.1 Å². The van der Waals surface area contributed by atoms with E-state index in [1.54, 1.807) is 6.92 Å². The normalized spacial score (nSPS) is 18.2. The van der Waals surface area contributed by atoms with Gasteiger partial charge in [0.1, 0.15) is 20.1 Å². The molecule has 0 aromatic heterocycles. The van der Waals surface area contributed by atoms with E-state index >= 15 is 0 Å². The molecule has 0 spiro atoms. The molecule has 0 bridgehead atoms. The molecule has 2 aromatic carbocycles. The number of ketones is 1. The summed E-state index contributed by atoms with van der Waals surface area (Å²) in [7, 11) is -1.76. The molecule has 26 heavy (non-hydrogen) atoms. The van der Waals surface area contributed by atoms with Crippen LogP contribution in [0, 0.1) is 11.8 Å². The van der Waals surface area contributed by atoms with Crippen LogP contribution in [-0.2, 0) is 9.59 Å². The molecular formula is C23H28O2Si. The van der Waals surface area contributed by atoms with E-state index in [1.807, 2.05) is 0 Å². The van der Waals surface area contributed by atoms with Crippen molar-refractivity contribution in [3.63, 3.8) is 0 Å². The topological polar surface area (TPSA) is 34.1 Å². The van der Waals surface area contributed by atoms with Gasteiger partial charge in [0.25, 0.3) is 0 Å². The first-order valence-electron chi connectivity index (χ1n) is 9.71. The van der Waals surface area contributed by atoms with Gasteiger partial charge in [-0.15, -0.1) is 0 Å². The minimum absolute atomic E-state index is 0.0393. The Balaban J connectivity index is 1.82. The number of Topliss-reactive ketones (excluding diaryl/α,β-unsaturated/α-hetero) is 1. The van der Waals surface area contributed by atoms with Crippen molar-refractivity contribution in [3.05, 3.63) is 60.7 Å². The molecule has 1 fully saturated rings. The molecule has 3 heteroatoms. The van der Waals surface area contributed by atoms with Crippen molar-refractivity contribution in [2.75, 3.05) is 0 Å². The third-order valence-corrected chi connectivity index (χ3v) is 11.3. The molecule has 3 rings (SSSR count). The number of carbonyl (C=O) groups excluding carboxylic acids is 2. The molecule has 1 heterocycles. The first kappa shape index (κ1) is 18.8. The highest BCUT2D eigenvalue weighted by Crippen LogP contribution is 2.37. The lowest BCUT2D eigenvalue weighted by Crippen LogP contribution is -2.60. The summed E-state index contributed by atoms with van der Waals surface area (Å²) in [6.45, 7) is 1.62. The van der Waals surface area contributed by atoms with Crippen LogP contribution in [0.15, 0.2) is 60.7 Å². The Bertz CT molecular complexity index is 677. The van der Waals surface area contributed by atoms with Crippen LogP contribution in [0.3, 0.4) is 0 Å². The van der Waals surface area contributed by atoms with Gasteiger partial charge in [0.15, 0.2) is 0 Å². The van der Waals surface area contributed by atoms with Crippen molar-refractivity contribution in [2.24, 2.45) is 11.8 Å². The average Bonchev–Trinajstić information content (AvgIpc) is 2.70. The maximum absolute atomic E-state index is 11.6. The predicted molar refractivity (Wildman–Crippen MR) is 110 cm³/mol. The molecule has 2 aromatic rings. The Labute approximate surface area is 157 Å². The summed E-state index contributed by atoms with van der Waals surface area (Å²) in [6, 6.07) is 24.4. The molecule has 1 saturated heterocycles. The Hall–Kier alpha value is -2.00. The highest BCUT2D eigenvalue weighted by atomic mass is 28.3. The number of rotatable bonds is 7. The molecule has 0 radical (unpaired) electrons. The van der Waals surface area contributed by atoms with Crippen LogP contribution in [0.1, 0.15) is 32.6 Å². The second-order valence-electron chi connectivity index (χ2n) is 7.69. The van der Waals surface area contributed by atoms with Crippen LogP contribution < -0.4 is 10.4 Å². The average molecular weight is 365 g/mol. The van der Waals surface area contributed by atoms with Gasteiger partial charge in [-0.05, 0) is 31.4 Å². The second-order valence-corrected chi connectivity index (χ2v) is 12.0. The summed E-state index contributed by atoms with van der Waals surface area (Å²) in [4.78, 5) is 22.9. The van der Waals surface area contributed by atoms with Gasteiger partial charge in [0.05, 0.1) is 0 Å². The van der Waals surface area contributed by atoms with Gasteiger partial charge in [0, 0.05) is 12.3 Å². The third-order valence-electron chi connectivity index (χ3n) is 6.15. The molecule has 0 N–H and O–H groups in total. The smallest absolute Gasteiger partial charge is 0.129 e. The fourth-order valence-corrected chi connectivity index (χ4v) is 9.73. The van der Waals surface area contributed by atoms with E-state index in [-0.39, 0.29) is 11.7 Å². The zero-order valence-electron chi connectivity index (χ0n) is 15.6. The van der Waals surface area contributed by atoms with Gasteiger partial charge in [-0.25, -0.2) is 0 Å². The monoisotopic (exact) mass is 364 g/mol. The number of benzene rings is 2. The maximum Gasteiger partial charge on any atom is 0.129 e. The first-order valence-corrected chi connectivity index (χ1v) is 12.1. The van der Waals surface area contributed by atoms with Gasteiger partial charge < -0.3 is 9.59 Å². The Morgan fingerprint density at radius 3 is 1.92 bits per heavy atom. The van der Waals surface area contributed by atoms with Crippen molar-refractivity contribution >= 4 is 30.5 Å². The largest absolute Gasteiger partial charge is 0.303 e. The predicted octanol–water partition coefficient (Wildman–Crippen LogP) is 3.84. The molecule has 1 unspecified atom stereocenters. The Morgan fingerprint density at radius 2 is 1.50 bits per heavy atom. The standard InChI is InChI=1S/C23H28O2Si/c1-19(25)12-13-21(18-24)20-14-16-26(17-15-20,22-8-4-2-5-9-22)23-10-6-3-7-11-23/h2-11,18,20-21H,12-17H2,1H3. The van der Waals surface area contributed by atoms with E-state index in [0.29, 0.717) is 18.8 Å². The van der Waals surface area contributed by atoms with E-state index in [1.165, 1.54) is 22.5 Å². The van der Waals surface area contributed by atoms with E-state index in [2.05, 4.69) is 60.7 Å². The minimum Gasteiger partial charge on any atom is -0.303 e. The van der Waals surface area contributed by atoms with Crippen LogP contribution in [-0.4, -0.2) is 20.1 Å². The zero-order chi connectivity index (χ0) is 18.4. The van der Waals surface area contributed by atoms with Crippen LogP contribution in [0.4, 0.5) is 0 Å². The van der Waals surface area contributed by atoms with Crippen molar-refractivity contribution in [1.29, 1.82) is 0 Å². The van der Waals surface area contributed by atoms with E-state index in [9.17, 15) is 9.59 Å². The molecule has 0 aliphatic carbocycles. The molecule has 1 aliphatic heterocycles. The van der Waals surface area contributed by atoms with Gasteiger partial charge in [-0.3, -0.25) is 0 Å². The van der Waals surface area contributed by atoms with Crippen LogP contribution in [0.25, 0.3) is 0 Å². The van der Waals surface area contributed by atoms with Crippen molar-refractivity contribution in [3.8, 4) is 0 Å². The zero-order valence-corrected chi connectivity index (χ0v) is 16.6. The second kappa shape index (κ2) is 8.59. The molecule has 136 valence electrons. The van der Waals surface area contributed by atoms with Crippen molar-refractivity contribution in [2.45, 2.75) is 44.7 Å². The fourth-order valence-electron chi connectivity index (χ4n) is 4.60. The molecule has 0 amide bonds. The maximum atomic E-state index is 11.6. The van der Waals surface area contributed by atoms with Crippen molar-refractivity contribution in [1.82, 2.24) is 0 Å². The number of hydrogen-bond acceptors (Lipinski definition) is 2. The van der Waals surface area contributed by atoms with E-state index in [4.69, 9.17) is 0 Å².